The van der Waals surface area contributed by atoms with E-state index in [1.54, 1.807) is 43.5 Å². The van der Waals surface area contributed by atoms with Crippen LogP contribution in [0.25, 0.3) is 0 Å². The van der Waals surface area contributed by atoms with Gasteiger partial charge in [0.05, 0.1) is 18.4 Å². The third kappa shape index (κ3) is 4.00. The lowest BCUT2D eigenvalue weighted by molar-refractivity contribution is 0.223. The maximum absolute atomic E-state index is 11.9. The number of hydrogen-bond acceptors (Lipinski definition) is 5. The highest BCUT2D eigenvalue weighted by molar-refractivity contribution is 5.90. The molecular formula is C19H23N3O4. The Labute approximate surface area is 152 Å². The fraction of sp³-hybridized carbons (Fsp3) is 0.316. The molecule has 0 aliphatic heterocycles. The average molecular weight is 357 g/mol. The van der Waals surface area contributed by atoms with Crippen molar-refractivity contribution in [2.75, 3.05) is 19.5 Å². The number of aromatic hydroxyl groups is 1. The van der Waals surface area contributed by atoms with E-state index >= 15 is 0 Å². The Morgan fingerprint density at radius 3 is 2.73 bits per heavy atom. The fourth-order valence-electron chi connectivity index (χ4n) is 2.76. The molecule has 26 heavy (non-hydrogen) atoms. The number of hydrazine groups is 1. The Morgan fingerprint density at radius 1 is 1.31 bits per heavy atom. The zero-order valence-electron chi connectivity index (χ0n) is 14.9. The van der Waals surface area contributed by atoms with Gasteiger partial charge in [0.15, 0.2) is 0 Å². The van der Waals surface area contributed by atoms with Crippen molar-refractivity contribution in [3.8, 4) is 17.2 Å². The van der Waals surface area contributed by atoms with Gasteiger partial charge < -0.3 is 19.9 Å². The van der Waals surface area contributed by atoms with Crippen molar-refractivity contribution >= 4 is 11.7 Å². The molecule has 0 bridgehead atoms. The Balaban J connectivity index is 1.84. The molecule has 1 fully saturated rings. The van der Waals surface area contributed by atoms with Crippen LogP contribution >= 0.6 is 0 Å². The molecule has 0 saturated heterocycles. The molecule has 0 heterocycles. The predicted octanol–water partition coefficient (Wildman–Crippen LogP) is 3.19. The number of hydrogen-bond donors (Lipinski definition) is 3. The van der Waals surface area contributed by atoms with Crippen LogP contribution in [0.15, 0.2) is 36.4 Å². The third-order valence-electron chi connectivity index (χ3n) is 4.30. The van der Waals surface area contributed by atoms with Crippen molar-refractivity contribution in [2.24, 2.45) is 5.84 Å². The molecule has 138 valence electrons. The molecule has 1 aliphatic carbocycles. The summed E-state index contributed by atoms with van der Waals surface area (Å²) in [7, 11) is 3.03. The molecule has 0 spiro atoms. The monoisotopic (exact) mass is 357 g/mol. The number of amides is 2. The van der Waals surface area contributed by atoms with Crippen LogP contribution in [0.5, 0.6) is 17.2 Å². The van der Waals surface area contributed by atoms with Gasteiger partial charge in [-0.1, -0.05) is 6.07 Å². The number of urea groups is 1. The highest BCUT2D eigenvalue weighted by Crippen LogP contribution is 2.45. The van der Waals surface area contributed by atoms with E-state index in [1.165, 1.54) is 7.05 Å². The normalized spacial score (nSPS) is 13.2. The van der Waals surface area contributed by atoms with Gasteiger partial charge in [-0.05, 0) is 49.1 Å². The number of phenolic OH excluding ortho intramolecular Hbond substituents is 1. The summed E-state index contributed by atoms with van der Waals surface area (Å²) in [6.07, 6.45) is 2.19. The molecule has 4 N–H and O–H groups in total. The van der Waals surface area contributed by atoms with E-state index in [2.05, 4.69) is 5.32 Å². The lowest BCUT2D eigenvalue weighted by Gasteiger charge is -2.18. The first-order valence-electron chi connectivity index (χ1n) is 8.40. The number of anilines is 1. The van der Waals surface area contributed by atoms with Gasteiger partial charge >= 0.3 is 6.03 Å². The van der Waals surface area contributed by atoms with Crippen molar-refractivity contribution in [2.45, 2.75) is 25.4 Å². The number of carbonyl (C=O) groups is 1. The molecule has 7 nitrogen and oxygen atoms in total. The number of phenols is 1. The quantitative estimate of drug-likeness (QED) is 0.419. The van der Waals surface area contributed by atoms with Gasteiger partial charge in [-0.15, -0.1) is 0 Å². The summed E-state index contributed by atoms with van der Waals surface area (Å²) in [5.74, 6) is 7.47. The SMILES string of the molecule is COc1cccc(NC(=O)N(C)N)c1COc1ccc(O)cc1C1CC1. The van der Waals surface area contributed by atoms with Gasteiger partial charge in [-0.2, -0.15) is 0 Å². The first-order chi connectivity index (χ1) is 12.5. The zero-order valence-corrected chi connectivity index (χ0v) is 14.9. The lowest BCUT2D eigenvalue weighted by Crippen LogP contribution is -2.37. The van der Waals surface area contributed by atoms with Crippen LogP contribution in [-0.4, -0.2) is 30.3 Å². The maximum atomic E-state index is 11.9. The molecular weight excluding hydrogens is 334 g/mol. The molecule has 0 unspecified atom stereocenters. The smallest absolute Gasteiger partial charge is 0.335 e. The number of nitrogens with two attached hydrogens (primary N) is 1. The van der Waals surface area contributed by atoms with Crippen LogP contribution in [-0.2, 0) is 6.61 Å². The number of carbonyl (C=O) groups excluding carboxylic acids is 1. The van der Waals surface area contributed by atoms with E-state index in [0.29, 0.717) is 22.9 Å². The van der Waals surface area contributed by atoms with Crippen LogP contribution in [0.2, 0.25) is 0 Å². The molecule has 3 rings (SSSR count). The molecule has 0 aromatic heterocycles. The summed E-state index contributed by atoms with van der Waals surface area (Å²) >= 11 is 0. The van der Waals surface area contributed by atoms with Gasteiger partial charge in [-0.25, -0.2) is 10.6 Å². The molecule has 0 atom stereocenters. The van der Waals surface area contributed by atoms with Crippen molar-refractivity contribution in [1.82, 2.24) is 5.01 Å². The molecule has 2 amide bonds. The third-order valence-corrected chi connectivity index (χ3v) is 4.30. The predicted molar refractivity (Wildman–Crippen MR) is 98.4 cm³/mol. The van der Waals surface area contributed by atoms with Crippen molar-refractivity contribution < 1.29 is 19.4 Å². The van der Waals surface area contributed by atoms with Crippen LogP contribution in [0.4, 0.5) is 10.5 Å². The van der Waals surface area contributed by atoms with Crippen LogP contribution in [0, 0.1) is 0 Å². The summed E-state index contributed by atoms with van der Waals surface area (Å²) in [6, 6.07) is 10.0. The molecule has 7 heteroatoms. The van der Waals surface area contributed by atoms with Gasteiger partial charge in [0.2, 0.25) is 0 Å². The highest BCUT2D eigenvalue weighted by atomic mass is 16.5. The van der Waals surface area contributed by atoms with E-state index in [0.717, 1.165) is 29.2 Å². The van der Waals surface area contributed by atoms with Gasteiger partial charge in [0.25, 0.3) is 0 Å². The van der Waals surface area contributed by atoms with Gasteiger partial charge in [0, 0.05) is 12.6 Å². The van der Waals surface area contributed by atoms with Gasteiger partial charge in [-0.3, -0.25) is 5.01 Å². The standard InChI is InChI=1S/C19H23N3O4/c1-22(20)19(24)21-16-4-3-5-17(25-2)15(16)11-26-18-9-8-13(23)10-14(18)12-6-7-12/h3-5,8-10,12,23H,6-7,11,20H2,1-2H3,(H,21,24). The molecule has 1 aliphatic rings. The number of methoxy groups -OCH3 is 1. The number of benzene rings is 2. The van der Waals surface area contributed by atoms with Crippen molar-refractivity contribution in [3.63, 3.8) is 0 Å². The average Bonchev–Trinajstić information content (AvgIpc) is 3.46. The minimum absolute atomic E-state index is 0.207. The molecule has 2 aromatic carbocycles. The zero-order chi connectivity index (χ0) is 18.7. The first-order valence-corrected chi connectivity index (χ1v) is 8.40. The minimum atomic E-state index is -0.442. The first kappa shape index (κ1) is 17.9. The highest BCUT2D eigenvalue weighted by Gasteiger charge is 2.27. The number of rotatable bonds is 6. The molecule has 0 radical (unpaired) electrons. The second kappa shape index (κ2) is 7.53. The Morgan fingerprint density at radius 2 is 2.08 bits per heavy atom. The Hall–Kier alpha value is -2.93. The fourth-order valence-corrected chi connectivity index (χ4v) is 2.76. The summed E-state index contributed by atoms with van der Waals surface area (Å²) in [5.41, 5.74) is 2.28. The summed E-state index contributed by atoms with van der Waals surface area (Å²) < 4.78 is 11.4. The summed E-state index contributed by atoms with van der Waals surface area (Å²) in [5, 5.41) is 13.4. The Bertz CT molecular complexity index is 803. The second-order valence-corrected chi connectivity index (χ2v) is 6.31. The number of ether oxygens (including phenoxy) is 2. The van der Waals surface area contributed by atoms with Crippen LogP contribution in [0.1, 0.15) is 29.9 Å². The van der Waals surface area contributed by atoms with Crippen LogP contribution < -0.4 is 20.6 Å². The van der Waals surface area contributed by atoms with Crippen LogP contribution in [0.3, 0.4) is 0 Å². The van der Waals surface area contributed by atoms with E-state index in [-0.39, 0.29) is 12.4 Å². The van der Waals surface area contributed by atoms with Crippen molar-refractivity contribution in [3.05, 3.63) is 47.5 Å². The maximum Gasteiger partial charge on any atom is 0.335 e. The number of nitrogens with one attached hydrogen (secondary N) is 1. The van der Waals surface area contributed by atoms with E-state index in [4.69, 9.17) is 15.3 Å². The van der Waals surface area contributed by atoms with E-state index < -0.39 is 6.03 Å². The summed E-state index contributed by atoms with van der Waals surface area (Å²) in [4.78, 5) is 11.9. The second-order valence-electron chi connectivity index (χ2n) is 6.31. The van der Waals surface area contributed by atoms with Gasteiger partial charge in [0.1, 0.15) is 23.9 Å². The van der Waals surface area contributed by atoms with E-state index in [1.807, 2.05) is 0 Å². The molecule has 1 saturated carbocycles. The largest absolute Gasteiger partial charge is 0.508 e. The number of nitrogens with zero attached hydrogens (tertiary/aromatic N) is 1. The lowest BCUT2D eigenvalue weighted by atomic mass is 10.1. The Kier molecular flexibility index (Phi) is 5.18. The topological polar surface area (TPSA) is 97.1 Å². The minimum Gasteiger partial charge on any atom is -0.508 e. The van der Waals surface area contributed by atoms with E-state index in [9.17, 15) is 9.90 Å². The summed E-state index contributed by atoms with van der Waals surface area (Å²) in [6.45, 7) is 0.207. The molecule has 2 aromatic rings. The van der Waals surface area contributed by atoms with Crippen molar-refractivity contribution in [1.29, 1.82) is 0 Å².